The highest BCUT2D eigenvalue weighted by atomic mass is 16.4. The van der Waals surface area contributed by atoms with Crippen LogP contribution in [0.5, 0.6) is 0 Å². The molecule has 0 radical (unpaired) electrons. The Morgan fingerprint density at radius 1 is 1.00 bits per heavy atom. The van der Waals surface area contributed by atoms with Gasteiger partial charge in [-0.1, -0.05) is 48.5 Å². The van der Waals surface area contributed by atoms with Crippen LogP contribution in [0.25, 0.3) is 50.6 Å². The number of allylic oxidation sites excluding steroid dienone is 1. The second-order valence-electron chi connectivity index (χ2n) is 8.35. The van der Waals surface area contributed by atoms with Crippen molar-refractivity contribution in [2.24, 2.45) is 7.05 Å². The summed E-state index contributed by atoms with van der Waals surface area (Å²) in [5, 5.41) is 15.6. The van der Waals surface area contributed by atoms with Gasteiger partial charge in [-0.05, 0) is 42.5 Å². The largest absolute Gasteiger partial charge is 0.422 e. The molecule has 6 rings (SSSR count). The third-order valence-electron chi connectivity index (χ3n) is 6.11. The summed E-state index contributed by atoms with van der Waals surface area (Å²) < 4.78 is 9.16. The summed E-state index contributed by atoms with van der Waals surface area (Å²) in [6.07, 6.45) is 3.52. The van der Waals surface area contributed by atoms with Crippen molar-refractivity contribution >= 4 is 33.7 Å². The van der Waals surface area contributed by atoms with Crippen LogP contribution in [0.3, 0.4) is 0 Å². The van der Waals surface area contributed by atoms with Gasteiger partial charge in [0.2, 0.25) is 0 Å². The van der Waals surface area contributed by atoms with Gasteiger partial charge >= 0.3 is 5.63 Å². The van der Waals surface area contributed by atoms with E-state index in [0.717, 1.165) is 22.1 Å². The van der Waals surface area contributed by atoms with E-state index < -0.39 is 5.63 Å². The second-order valence-corrected chi connectivity index (χ2v) is 8.35. The molecule has 0 bridgehead atoms. The molecule has 0 saturated carbocycles. The fraction of sp³-hybridized carbons (Fsp3) is 0.0345. The van der Waals surface area contributed by atoms with Crippen molar-refractivity contribution in [3.05, 3.63) is 113 Å². The average molecular weight is 470 g/mol. The van der Waals surface area contributed by atoms with Crippen LogP contribution < -0.4 is 5.63 Å². The monoisotopic (exact) mass is 469 g/mol. The van der Waals surface area contributed by atoms with E-state index in [1.807, 2.05) is 84.4 Å². The van der Waals surface area contributed by atoms with Crippen LogP contribution in [0.15, 0.2) is 100 Å². The number of nitriles is 1. The zero-order valence-electron chi connectivity index (χ0n) is 19.3. The van der Waals surface area contributed by atoms with Crippen LogP contribution in [-0.4, -0.2) is 19.3 Å². The minimum absolute atomic E-state index is 0.317. The van der Waals surface area contributed by atoms with Crippen molar-refractivity contribution in [1.29, 1.82) is 5.26 Å². The van der Waals surface area contributed by atoms with Gasteiger partial charge in [0.15, 0.2) is 5.82 Å². The van der Waals surface area contributed by atoms with Gasteiger partial charge in [-0.25, -0.2) is 14.5 Å². The molecule has 0 amide bonds. The molecule has 3 aromatic heterocycles. The first-order valence-electron chi connectivity index (χ1n) is 11.3. The summed E-state index contributed by atoms with van der Waals surface area (Å²) in [6.45, 7) is 0. The average Bonchev–Trinajstić information content (AvgIpc) is 3.48. The molecule has 0 fully saturated rings. The van der Waals surface area contributed by atoms with Gasteiger partial charge in [0.05, 0.1) is 27.9 Å². The first-order chi connectivity index (χ1) is 17.6. The number of aromatic nitrogens is 4. The summed E-state index contributed by atoms with van der Waals surface area (Å²) in [7, 11) is 1.88. The molecule has 36 heavy (non-hydrogen) atoms. The minimum atomic E-state index is -0.497. The van der Waals surface area contributed by atoms with E-state index in [1.54, 1.807) is 29.1 Å². The summed E-state index contributed by atoms with van der Waals surface area (Å²) in [6, 6.07) is 28.7. The Kier molecular flexibility index (Phi) is 5.05. The molecule has 172 valence electrons. The van der Waals surface area contributed by atoms with Gasteiger partial charge in [-0.2, -0.15) is 10.4 Å². The Balaban J connectivity index is 1.58. The molecule has 0 N–H and O–H groups in total. The van der Waals surface area contributed by atoms with Gasteiger partial charge < -0.3 is 8.98 Å². The standard InChI is InChI=1S/C29H19N5O2/c1-33-25-13-7-6-12-24(25)31-28(33)20(17-30)15-21-18-34(22-10-3-2-4-11-22)32-27(21)23-16-19-9-5-8-14-26(19)36-29(23)35/h2-16,18H,1H3/b20-15+. The number of para-hydroxylation sites is 4. The van der Waals surface area contributed by atoms with Gasteiger partial charge in [-0.15, -0.1) is 0 Å². The van der Waals surface area contributed by atoms with E-state index in [4.69, 9.17) is 9.52 Å². The Labute approximate surface area is 205 Å². The van der Waals surface area contributed by atoms with Crippen molar-refractivity contribution < 1.29 is 4.42 Å². The number of hydrogen-bond donors (Lipinski definition) is 0. The maximum Gasteiger partial charge on any atom is 0.345 e. The van der Waals surface area contributed by atoms with E-state index in [-0.39, 0.29) is 0 Å². The lowest BCUT2D eigenvalue weighted by Gasteiger charge is -2.03. The van der Waals surface area contributed by atoms with Crippen LogP contribution in [-0.2, 0) is 7.05 Å². The third kappa shape index (κ3) is 3.58. The van der Waals surface area contributed by atoms with Crippen molar-refractivity contribution in [2.75, 3.05) is 0 Å². The lowest BCUT2D eigenvalue weighted by molar-refractivity contribution is 0.563. The van der Waals surface area contributed by atoms with Crippen LogP contribution in [0.1, 0.15) is 11.4 Å². The highest BCUT2D eigenvalue weighted by molar-refractivity contribution is 5.93. The number of aryl methyl sites for hydroxylation is 1. The lowest BCUT2D eigenvalue weighted by atomic mass is 10.1. The van der Waals surface area contributed by atoms with Crippen molar-refractivity contribution in [2.45, 2.75) is 0 Å². The molecule has 0 atom stereocenters. The third-order valence-corrected chi connectivity index (χ3v) is 6.11. The van der Waals surface area contributed by atoms with E-state index in [1.165, 1.54) is 0 Å². The molecule has 7 heteroatoms. The Bertz CT molecular complexity index is 1880. The predicted molar refractivity (Wildman–Crippen MR) is 139 cm³/mol. The summed E-state index contributed by atoms with van der Waals surface area (Å²) in [5.74, 6) is 0.530. The zero-order chi connectivity index (χ0) is 24.6. The minimum Gasteiger partial charge on any atom is -0.422 e. The quantitative estimate of drug-likeness (QED) is 0.248. The maximum atomic E-state index is 13.0. The summed E-state index contributed by atoms with van der Waals surface area (Å²) in [5.41, 5.74) is 4.24. The number of nitrogens with zero attached hydrogens (tertiary/aromatic N) is 5. The maximum absolute atomic E-state index is 13.0. The number of hydrogen-bond acceptors (Lipinski definition) is 5. The molecule has 6 aromatic rings. The second kappa shape index (κ2) is 8.53. The van der Waals surface area contributed by atoms with Crippen LogP contribution in [0.2, 0.25) is 0 Å². The van der Waals surface area contributed by atoms with Crippen molar-refractivity contribution in [3.63, 3.8) is 0 Å². The molecule has 0 aliphatic rings. The van der Waals surface area contributed by atoms with Crippen LogP contribution >= 0.6 is 0 Å². The summed E-state index contributed by atoms with van der Waals surface area (Å²) in [4.78, 5) is 17.7. The van der Waals surface area contributed by atoms with E-state index in [2.05, 4.69) is 11.1 Å². The Hall–Kier alpha value is -5.22. The summed E-state index contributed by atoms with van der Waals surface area (Å²) >= 11 is 0. The van der Waals surface area contributed by atoms with Gasteiger partial charge in [0.1, 0.15) is 17.3 Å². The fourth-order valence-corrected chi connectivity index (χ4v) is 4.33. The van der Waals surface area contributed by atoms with Crippen molar-refractivity contribution in [3.8, 4) is 23.0 Å². The Morgan fingerprint density at radius 3 is 2.56 bits per heavy atom. The normalized spacial score (nSPS) is 11.7. The highest BCUT2D eigenvalue weighted by Crippen LogP contribution is 2.29. The number of imidazole rings is 1. The molecule has 0 unspecified atom stereocenters. The van der Waals surface area contributed by atoms with Gasteiger partial charge in [0.25, 0.3) is 0 Å². The lowest BCUT2D eigenvalue weighted by Crippen LogP contribution is -2.04. The number of benzene rings is 3. The molecule has 3 heterocycles. The molecule has 0 aliphatic carbocycles. The smallest absolute Gasteiger partial charge is 0.345 e. The van der Waals surface area contributed by atoms with E-state index in [9.17, 15) is 10.1 Å². The number of rotatable bonds is 4. The molecule has 0 saturated heterocycles. The SMILES string of the molecule is Cn1c(/C(C#N)=C/c2cn(-c3ccccc3)nc2-c2cc3ccccc3oc2=O)nc2ccccc21. The fourth-order valence-electron chi connectivity index (χ4n) is 4.33. The predicted octanol–water partition coefficient (Wildman–Crippen LogP) is 5.60. The molecular weight excluding hydrogens is 450 g/mol. The topological polar surface area (TPSA) is 89.6 Å². The van der Waals surface area contributed by atoms with Gasteiger partial charge in [0, 0.05) is 24.2 Å². The van der Waals surface area contributed by atoms with Crippen LogP contribution in [0.4, 0.5) is 0 Å². The molecular formula is C29H19N5O2. The van der Waals surface area contributed by atoms with Crippen LogP contribution in [0, 0.1) is 11.3 Å². The first-order valence-corrected chi connectivity index (χ1v) is 11.3. The van der Waals surface area contributed by atoms with Crippen molar-refractivity contribution in [1.82, 2.24) is 19.3 Å². The Morgan fingerprint density at radius 2 is 1.75 bits per heavy atom. The molecule has 3 aromatic carbocycles. The number of fused-ring (bicyclic) bond motifs is 2. The van der Waals surface area contributed by atoms with Gasteiger partial charge in [-0.3, -0.25) is 0 Å². The molecule has 0 spiro atoms. The molecule has 0 aliphatic heterocycles. The highest BCUT2D eigenvalue weighted by Gasteiger charge is 2.19. The molecule has 7 nitrogen and oxygen atoms in total. The zero-order valence-corrected chi connectivity index (χ0v) is 19.3. The first kappa shape index (κ1) is 21.3. The van der Waals surface area contributed by atoms with E-state index in [0.29, 0.717) is 33.8 Å². The van der Waals surface area contributed by atoms with E-state index >= 15 is 0 Å².